The molecule has 1 aliphatic carbocycles. The summed E-state index contributed by atoms with van der Waals surface area (Å²) in [5.41, 5.74) is 11.7. The maximum atomic E-state index is 13.8. The van der Waals surface area contributed by atoms with E-state index in [2.05, 4.69) is 12.2 Å². The number of nitrogens with two attached hydrogens (primary N) is 2. The van der Waals surface area contributed by atoms with E-state index in [1.807, 2.05) is 4.90 Å². The first-order valence-electron chi connectivity index (χ1n) is 16.7. The number of hydrogen-bond acceptors (Lipinski definition) is 8. The van der Waals surface area contributed by atoms with E-state index in [9.17, 15) is 14.4 Å². The number of primary amides is 1. The number of Topliss-reactive ketones (excluding diaryl/α,β-unsaturated/α-hetero) is 2. The van der Waals surface area contributed by atoms with Gasteiger partial charge in [-0.1, -0.05) is 110 Å². The van der Waals surface area contributed by atoms with Crippen LogP contribution in [-0.2, 0) is 19.1 Å². The van der Waals surface area contributed by atoms with Gasteiger partial charge in [-0.3, -0.25) is 9.59 Å². The first kappa shape index (κ1) is 32.5. The van der Waals surface area contributed by atoms with Crippen LogP contribution in [0.4, 0.5) is 4.79 Å². The molecule has 0 radical (unpaired) electrons. The fraction of sp³-hybridized carbons (Fsp3) is 0.788. The molecule has 1 amide bonds. The minimum atomic E-state index is -0.973. The first-order chi connectivity index (χ1) is 20.4. The van der Waals surface area contributed by atoms with Crippen molar-refractivity contribution < 1.29 is 23.9 Å². The number of allylic oxidation sites excluding steroid dienone is 2. The van der Waals surface area contributed by atoms with Crippen molar-refractivity contribution in [3.05, 3.63) is 22.5 Å². The Labute approximate surface area is 252 Å². The third kappa shape index (κ3) is 7.04. The summed E-state index contributed by atoms with van der Waals surface area (Å²) in [5, 5.41) is 3.37. The molecule has 0 unspecified atom stereocenters. The number of unbranched alkanes of at least 4 members (excludes halogenated alkanes) is 16. The number of ketones is 2. The summed E-state index contributed by atoms with van der Waals surface area (Å²) < 4.78 is 11.1. The number of carbonyl (C=O) groups excluding carboxylic acids is 3. The number of piperazine rings is 1. The van der Waals surface area contributed by atoms with Crippen LogP contribution in [0.15, 0.2) is 22.5 Å². The van der Waals surface area contributed by atoms with Gasteiger partial charge in [0.15, 0.2) is 5.72 Å². The van der Waals surface area contributed by atoms with E-state index in [0.29, 0.717) is 29.8 Å². The van der Waals surface area contributed by atoms with Crippen molar-refractivity contribution in [2.24, 2.45) is 17.4 Å². The molecule has 4 aliphatic rings. The van der Waals surface area contributed by atoms with E-state index in [1.165, 1.54) is 89.9 Å². The topological polar surface area (TPSA) is 147 Å². The third-order valence-electron chi connectivity index (χ3n) is 9.86. The van der Waals surface area contributed by atoms with Crippen molar-refractivity contribution in [2.45, 2.75) is 140 Å². The summed E-state index contributed by atoms with van der Waals surface area (Å²) in [4.78, 5) is 40.6. The predicted octanol–water partition coefficient (Wildman–Crippen LogP) is 5.37. The van der Waals surface area contributed by atoms with Crippen LogP contribution < -0.4 is 16.8 Å². The normalized spacial score (nSPS) is 26.1. The van der Waals surface area contributed by atoms with Gasteiger partial charge in [-0.05, 0) is 12.8 Å². The van der Waals surface area contributed by atoms with Crippen LogP contribution in [0, 0.1) is 5.92 Å². The molecule has 236 valence electrons. The zero-order chi connectivity index (χ0) is 30.1. The zero-order valence-electron chi connectivity index (χ0n) is 26.0. The number of methoxy groups -OCH3 is 1. The second kappa shape index (κ2) is 15.4. The van der Waals surface area contributed by atoms with Gasteiger partial charge in [-0.25, -0.2) is 4.79 Å². The van der Waals surface area contributed by atoms with E-state index in [0.717, 1.165) is 19.3 Å². The number of rotatable bonds is 21. The fourth-order valence-electron chi connectivity index (χ4n) is 7.52. The van der Waals surface area contributed by atoms with Crippen molar-refractivity contribution in [3.8, 4) is 0 Å². The van der Waals surface area contributed by atoms with Crippen LogP contribution in [-0.4, -0.2) is 60.6 Å². The smallest absolute Gasteiger partial charge is 0.404 e. The highest BCUT2D eigenvalue weighted by molar-refractivity contribution is 6.25. The second-order valence-electron chi connectivity index (χ2n) is 12.7. The quantitative estimate of drug-likeness (QED) is 0.0924. The molecule has 0 aromatic carbocycles. The average molecular weight is 587 g/mol. The summed E-state index contributed by atoms with van der Waals surface area (Å²) >= 11 is 0. The highest BCUT2D eigenvalue weighted by atomic mass is 16.6. The molecule has 3 aliphatic heterocycles. The van der Waals surface area contributed by atoms with Crippen molar-refractivity contribution in [2.75, 3.05) is 20.3 Å². The molecular weight excluding hydrogens is 532 g/mol. The van der Waals surface area contributed by atoms with Gasteiger partial charge in [0.05, 0.1) is 23.4 Å². The van der Waals surface area contributed by atoms with Crippen LogP contribution in [0.3, 0.4) is 0 Å². The first-order valence-corrected chi connectivity index (χ1v) is 16.7. The minimum absolute atomic E-state index is 0.0204. The molecule has 4 atom stereocenters. The van der Waals surface area contributed by atoms with Gasteiger partial charge >= 0.3 is 6.09 Å². The molecule has 42 heavy (non-hydrogen) atoms. The van der Waals surface area contributed by atoms with Gasteiger partial charge in [-0.15, -0.1) is 0 Å². The molecule has 4 rings (SSSR count). The average Bonchev–Trinajstić information content (AvgIpc) is 3.59. The molecule has 0 saturated carbocycles. The van der Waals surface area contributed by atoms with Gasteiger partial charge in [-0.2, -0.15) is 0 Å². The number of hydrogen-bond donors (Lipinski definition) is 3. The van der Waals surface area contributed by atoms with E-state index in [4.69, 9.17) is 20.9 Å². The Kier molecular flexibility index (Phi) is 11.9. The van der Waals surface area contributed by atoms with E-state index in [-0.39, 0.29) is 36.0 Å². The van der Waals surface area contributed by atoms with Crippen LogP contribution in [0.2, 0.25) is 0 Å². The molecule has 2 fully saturated rings. The fourth-order valence-corrected chi connectivity index (χ4v) is 7.52. The van der Waals surface area contributed by atoms with E-state index >= 15 is 0 Å². The van der Waals surface area contributed by atoms with Crippen molar-refractivity contribution in [3.63, 3.8) is 0 Å². The van der Waals surface area contributed by atoms with Crippen molar-refractivity contribution >= 4 is 17.7 Å². The molecule has 5 N–H and O–H groups in total. The summed E-state index contributed by atoms with van der Waals surface area (Å²) in [6.45, 7) is 2.67. The molecule has 9 nitrogen and oxygen atoms in total. The summed E-state index contributed by atoms with van der Waals surface area (Å²) in [5.74, 6) is -1.19. The van der Waals surface area contributed by atoms with E-state index in [1.54, 1.807) is 7.11 Å². The maximum absolute atomic E-state index is 13.8. The predicted molar refractivity (Wildman–Crippen MR) is 163 cm³/mol. The van der Waals surface area contributed by atoms with Crippen LogP contribution in [0.25, 0.3) is 0 Å². The van der Waals surface area contributed by atoms with Crippen LogP contribution >= 0.6 is 0 Å². The van der Waals surface area contributed by atoms with Gasteiger partial charge in [0.1, 0.15) is 6.61 Å². The Balaban J connectivity index is 1.15. The number of amides is 1. The highest BCUT2D eigenvalue weighted by Crippen LogP contribution is 2.55. The molecular formula is C33H54N4O5. The molecule has 3 heterocycles. The summed E-state index contributed by atoms with van der Waals surface area (Å²) in [7, 11) is 1.56. The monoisotopic (exact) mass is 586 g/mol. The number of nitrogens with zero attached hydrogens (tertiary/aromatic N) is 1. The standard InChI is InChI=1S/C33H54N4O5/c1-3-4-5-6-7-8-9-10-11-12-13-14-15-16-17-18-19-20-23-27(34)30(39)26-24(22-42-32(35)40)33(41-2)31-25(36-31)21-37(33)28(26)29(23)38/h24-25,31,36H,3-22,34H2,1-2H3,(H2,35,40)/t24-,25+,31+,33-/m1/s1. The summed E-state index contributed by atoms with van der Waals surface area (Å²) in [6.07, 6.45) is 21.5. The zero-order valence-corrected chi connectivity index (χ0v) is 26.0. The largest absolute Gasteiger partial charge is 0.449 e. The maximum Gasteiger partial charge on any atom is 0.404 e. The van der Waals surface area contributed by atoms with Gasteiger partial charge in [0, 0.05) is 30.8 Å². The Hall–Kier alpha value is -2.39. The highest BCUT2D eigenvalue weighted by Gasteiger charge is 2.72. The number of fused-ring (bicyclic) bond motifs is 4. The Morgan fingerprint density at radius 3 is 1.90 bits per heavy atom. The summed E-state index contributed by atoms with van der Waals surface area (Å²) in [6, 6.07) is 0.0970. The lowest BCUT2D eigenvalue weighted by Crippen LogP contribution is -2.55. The minimum Gasteiger partial charge on any atom is -0.449 e. The lowest BCUT2D eigenvalue weighted by atomic mass is 9.81. The van der Waals surface area contributed by atoms with Gasteiger partial charge < -0.3 is 31.2 Å². The number of carbonyl (C=O) groups is 3. The Morgan fingerprint density at radius 2 is 1.40 bits per heavy atom. The second-order valence-corrected chi connectivity index (χ2v) is 12.7. The lowest BCUT2D eigenvalue weighted by Gasteiger charge is -2.39. The van der Waals surface area contributed by atoms with Crippen molar-refractivity contribution in [1.29, 1.82) is 0 Å². The molecule has 0 aromatic rings. The molecule has 0 bridgehead atoms. The molecule has 0 aromatic heterocycles. The van der Waals surface area contributed by atoms with Crippen molar-refractivity contribution in [1.82, 2.24) is 10.2 Å². The van der Waals surface area contributed by atoms with Gasteiger partial charge in [0.25, 0.3) is 0 Å². The molecule has 2 saturated heterocycles. The molecule has 0 spiro atoms. The SMILES string of the molecule is CCCCCCCCCCCCCCCCCCCC1=C(N)C(=O)C2=C(C1=O)N1C[C@@H]3N[C@@H]3[C@]1(OC)[C@@H]2COC(N)=O. The van der Waals surface area contributed by atoms with Crippen LogP contribution in [0.5, 0.6) is 0 Å². The Bertz CT molecular complexity index is 1040. The Morgan fingerprint density at radius 1 is 0.881 bits per heavy atom. The third-order valence-corrected chi connectivity index (χ3v) is 9.86. The van der Waals surface area contributed by atoms with E-state index < -0.39 is 17.7 Å². The number of nitrogens with one attached hydrogen (secondary N) is 1. The van der Waals surface area contributed by atoms with Crippen LogP contribution in [0.1, 0.15) is 122 Å². The van der Waals surface area contributed by atoms with Gasteiger partial charge in [0.2, 0.25) is 11.6 Å². The number of ether oxygens (including phenoxy) is 2. The lowest BCUT2D eigenvalue weighted by molar-refractivity contribution is -0.137. The molecule has 9 heteroatoms.